The van der Waals surface area contributed by atoms with Gasteiger partial charge in [0.15, 0.2) is 0 Å². The molecular formula is C16H15ClN2O5S. The van der Waals surface area contributed by atoms with Gasteiger partial charge in [-0.3, -0.25) is 9.62 Å². The number of nitrogens with one attached hydrogen (secondary N) is 1. The number of nitrogens with zero attached hydrogens (tertiary/aromatic N) is 1. The first-order valence-electron chi connectivity index (χ1n) is 7.31. The van der Waals surface area contributed by atoms with Gasteiger partial charge in [0.25, 0.3) is 10.0 Å². The number of cyclic esters (lactones) is 1. The maximum atomic E-state index is 12.7. The summed E-state index contributed by atoms with van der Waals surface area (Å²) in [4.78, 5) is 13.0. The van der Waals surface area contributed by atoms with Crippen LogP contribution in [0.3, 0.4) is 0 Å². The third-order valence-corrected chi connectivity index (χ3v) is 5.22. The van der Waals surface area contributed by atoms with Crippen molar-refractivity contribution in [2.24, 2.45) is 0 Å². The fraction of sp³-hybridized carbons (Fsp3) is 0.188. The maximum Gasteiger partial charge on any atom is 0.414 e. The van der Waals surface area contributed by atoms with Gasteiger partial charge in [-0.2, -0.15) is 0 Å². The summed E-state index contributed by atoms with van der Waals surface area (Å²) >= 11 is 5.90. The first kappa shape index (κ1) is 17.4. The van der Waals surface area contributed by atoms with Crippen molar-refractivity contribution in [2.45, 2.75) is 4.90 Å². The third-order valence-electron chi connectivity index (χ3n) is 3.59. The molecule has 1 aliphatic rings. The molecule has 1 amide bonds. The molecule has 0 bridgehead atoms. The van der Waals surface area contributed by atoms with E-state index in [9.17, 15) is 13.2 Å². The summed E-state index contributed by atoms with van der Waals surface area (Å²) < 4.78 is 37.8. The van der Waals surface area contributed by atoms with Crippen molar-refractivity contribution in [3.8, 4) is 5.75 Å². The minimum Gasteiger partial charge on any atom is -0.495 e. The quantitative estimate of drug-likeness (QED) is 0.858. The molecule has 0 radical (unpaired) electrons. The summed E-state index contributed by atoms with van der Waals surface area (Å²) in [6.07, 6.45) is -0.462. The van der Waals surface area contributed by atoms with Gasteiger partial charge in [0.2, 0.25) is 0 Å². The van der Waals surface area contributed by atoms with Crippen LogP contribution in [-0.4, -0.2) is 34.8 Å². The van der Waals surface area contributed by atoms with Crippen LogP contribution >= 0.6 is 11.6 Å². The van der Waals surface area contributed by atoms with E-state index in [0.29, 0.717) is 24.5 Å². The van der Waals surface area contributed by atoms with E-state index < -0.39 is 16.1 Å². The molecule has 0 unspecified atom stereocenters. The second-order valence-electron chi connectivity index (χ2n) is 5.22. The van der Waals surface area contributed by atoms with E-state index in [1.165, 1.54) is 24.1 Å². The number of amides is 1. The molecule has 1 aliphatic heterocycles. The van der Waals surface area contributed by atoms with Gasteiger partial charge in [-0.05, 0) is 36.4 Å². The minimum atomic E-state index is -3.93. The molecule has 3 rings (SSSR count). The SMILES string of the molecule is COc1ccc(Cl)cc1S(=O)(=O)Nc1cccc(N2CCOC2=O)c1. The van der Waals surface area contributed by atoms with E-state index >= 15 is 0 Å². The zero-order chi connectivity index (χ0) is 18.0. The van der Waals surface area contributed by atoms with Crippen LogP contribution in [-0.2, 0) is 14.8 Å². The number of anilines is 2. The van der Waals surface area contributed by atoms with Crippen LogP contribution in [0.15, 0.2) is 47.4 Å². The number of benzene rings is 2. The number of hydrogen-bond donors (Lipinski definition) is 1. The molecule has 1 saturated heterocycles. The fourth-order valence-electron chi connectivity index (χ4n) is 2.44. The number of carbonyl (C=O) groups excluding carboxylic acids is 1. The summed E-state index contributed by atoms with van der Waals surface area (Å²) in [7, 11) is -2.55. The molecule has 25 heavy (non-hydrogen) atoms. The fourth-order valence-corrected chi connectivity index (χ4v) is 3.92. The predicted octanol–water partition coefficient (Wildman–Crippen LogP) is 3.11. The molecule has 1 heterocycles. The molecule has 0 aromatic heterocycles. The van der Waals surface area contributed by atoms with Crippen molar-refractivity contribution in [3.63, 3.8) is 0 Å². The Morgan fingerprint density at radius 3 is 2.72 bits per heavy atom. The standard InChI is InChI=1S/C16H15ClN2O5S/c1-23-14-6-5-11(17)9-15(14)25(21,22)18-12-3-2-4-13(10-12)19-7-8-24-16(19)20/h2-6,9-10,18H,7-8H2,1H3. The van der Waals surface area contributed by atoms with Gasteiger partial charge in [0, 0.05) is 10.7 Å². The third kappa shape index (κ3) is 3.64. The van der Waals surface area contributed by atoms with Gasteiger partial charge in [-0.15, -0.1) is 0 Å². The molecule has 2 aromatic carbocycles. The van der Waals surface area contributed by atoms with Crippen molar-refractivity contribution < 1.29 is 22.7 Å². The van der Waals surface area contributed by atoms with Gasteiger partial charge >= 0.3 is 6.09 Å². The van der Waals surface area contributed by atoms with Crippen LogP contribution in [0.5, 0.6) is 5.75 Å². The Morgan fingerprint density at radius 2 is 2.04 bits per heavy atom. The lowest BCUT2D eigenvalue weighted by Crippen LogP contribution is -2.23. The Morgan fingerprint density at radius 1 is 1.24 bits per heavy atom. The molecule has 1 fully saturated rings. The smallest absolute Gasteiger partial charge is 0.414 e. The Balaban J connectivity index is 1.91. The molecule has 2 aromatic rings. The zero-order valence-corrected chi connectivity index (χ0v) is 14.8. The lowest BCUT2D eigenvalue weighted by molar-refractivity contribution is 0.181. The first-order valence-corrected chi connectivity index (χ1v) is 9.17. The topological polar surface area (TPSA) is 84.9 Å². The second-order valence-corrected chi connectivity index (χ2v) is 7.30. The van der Waals surface area contributed by atoms with Gasteiger partial charge in [-0.25, -0.2) is 13.2 Å². The average molecular weight is 383 g/mol. The van der Waals surface area contributed by atoms with E-state index in [2.05, 4.69) is 4.72 Å². The Kier molecular flexibility index (Phi) is 4.73. The van der Waals surface area contributed by atoms with Crippen LogP contribution in [0.2, 0.25) is 5.02 Å². The van der Waals surface area contributed by atoms with Crippen molar-refractivity contribution in [2.75, 3.05) is 29.9 Å². The Labute approximate surface area is 150 Å². The van der Waals surface area contributed by atoms with Crippen LogP contribution in [0.1, 0.15) is 0 Å². The number of methoxy groups -OCH3 is 1. The molecule has 9 heteroatoms. The molecule has 0 spiro atoms. The molecule has 7 nitrogen and oxygen atoms in total. The largest absolute Gasteiger partial charge is 0.495 e. The van der Waals surface area contributed by atoms with Crippen LogP contribution < -0.4 is 14.4 Å². The predicted molar refractivity (Wildman–Crippen MR) is 93.9 cm³/mol. The van der Waals surface area contributed by atoms with Crippen molar-refractivity contribution in [3.05, 3.63) is 47.5 Å². The maximum absolute atomic E-state index is 12.7. The minimum absolute atomic E-state index is 0.0755. The van der Waals surface area contributed by atoms with Gasteiger partial charge in [0.1, 0.15) is 17.3 Å². The average Bonchev–Trinajstić information content (AvgIpc) is 3.01. The number of sulfonamides is 1. The Hall–Kier alpha value is -2.45. The number of halogens is 1. The number of carbonyl (C=O) groups is 1. The number of hydrogen-bond acceptors (Lipinski definition) is 5. The van der Waals surface area contributed by atoms with Crippen molar-refractivity contribution >= 4 is 39.1 Å². The molecule has 0 saturated carbocycles. The Bertz CT molecular complexity index is 916. The van der Waals surface area contributed by atoms with E-state index in [0.717, 1.165) is 0 Å². The molecule has 0 aliphatic carbocycles. The molecule has 0 atom stereocenters. The zero-order valence-electron chi connectivity index (χ0n) is 13.2. The summed E-state index contributed by atoms with van der Waals surface area (Å²) in [6.45, 7) is 0.714. The highest BCUT2D eigenvalue weighted by Gasteiger charge is 2.25. The first-order chi connectivity index (χ1) is 11.9. The molecule has 132 valence electrons. The van der Waals surface area contributed by atoms with E-state index in [1.807, 2.05) is 0 Å². The monoisotopic (exact) mass is 382 g/mol. The van der Waals surface area contributed by atoms with Crippen molar-refractivity contribution in [1.82, 2.24) is 0 Å². The van der Waals surface area contributed by atoms with Gasteiger partial charge in [0.05, 0.1) is 19.3 Å². The highest BCUT2D eigenvalue weighted by Crippen LogP contribution is 2.30. The summed E-state index contributed by atoms with van der Waals surface area (Å²) in [6, 6.07) is 10.8. The number of rotatable bonds is 5. The van der Waals surface area contributed by atoms with Gasteiger partial charge < -0.3 is 9.47 Å². The summed E-state index contributed by atoms with van der Waals surface area (Å²) in [5, 5.41) is 0.273. The van der Waals surface area contributed by atoms with Gasteiger partial charge in [-0.1, -0.05) is 17.7 Å². The summed E-state index contributed by atoms with van der Waals surface area (Å²) in [5.41, 5.74) is 0.847. The number of ether oxygens (including phenoxy) is 2. The van der Waals surface area contributed by atoms with E-state index in [-0.39, 0.29) is 15.7 Å². The normalized spacial score (nSPS) is 14.3. The van der Waals surface area contributed by atoms with Crippen LogP contribution in [0.4, 0.5) is 16.2 Å². The lowest BCUT2D eigenvalue weighted by Gasteiger charge is -2.15. The van der Waals surface area contributed by atoms with E-state index in [4.69, 9.17) is 21.1 Å². The summed E-state index contributed by atoms with van der Waals surface area (Å²) in [5.74, 6) is 0.177. The van der Waals surface area contributed by atoms with Crippen LogP contribution in [0, 0.1) is 0 Å². The second kappa shape index (κ2) is 6.81. The molecule has 1 N–H and O–H groups in total. The van der Waals surface area contributed by atoms with E-state index in [1.54, 1.807) is 30.3 Å². The lowest BCUT2D eigenvalue weighted by atomic mass is 10.2. The highest BCUT2D eigenvalue weighted by molar-refractivity contribution is 7.92. The highest BCUT2D eigenvalue weighted by atomic mass is 35.5. The van der Waals surface area contributed by atoms with Crippen LogP contribution in [0.25, 0.3) is 0 Å². The van der Waals surface area contributed by atoms with Crippen molar-refractivity contribution in [1.29, 1.82) is 0 Å². The molecular weight excluding hydrogens is 368 g/mol.